The fourth-order valence-corrected chi connectivity index (χ4v) is 4.01. The van der Waals surface area contributed by atoms with Crippen molar-refractivity contribution in [2.75, 3.05) is 26.2 Å². The van der Waals surface area contributed by atoms with Gasteiger partial charge in [0.2, 0.25) is 5.60 Å². The molecule has 0 aliphatic carbocycles. The molecule has 12 heteroatoms. The van der Waals surface area contributed by atoms with Crippen LogP contribution in [0.4, 0.5) is 13.2 Å². The van der Waals surface area contributed by atoms with Crippen LogP contribution in [0, 0.1) is 5.92 Å². The normalized spacial score (nSPS) is 20.4. The second kappa shape index (κ2) is 8.41. The standard InChI is InChI=1S/C18H20Cl2F3N3O4/c19-11-5-10(13(27)6-12(11)20)14(24)9-1-3-26(4-2-9)15(28)17(7-25-8-17)30-16(29)18(21,22)23/h5-6,9,14,25,27H,1-4,7-8,24H2/t14-/m1/s1. The predicted octanol–water partition coefficient (Wildman–Crippen LogP) is 2.38. The van der Waals surface area contributed by atoms with Crippen molar-refractivity contribution in [3.63, 3.8) is 0 Å². The summed E-state index contributed by atoms with van der Waals surface area (Å²) in [4.78, 5) is 25.4. The number of carbonyl (C=O) groups excluding carboxylic acids is 2. The first kappa shape index (κ1) is 22.9. The lowest BCUT2D eigenvalue weighted by Crippen LogP contribution is -2.70. The van der Waals surface area contributed by atoms with Crippen molar-refractivity contribution in [3.05, 3.63) is 27.7 Å². The number of aromatic hydroxyl groups is 1. The van der Waals surface area contributed by atoms with Gasteiger partial charge in [-0.2, -0.15) is 13.2 Å². The molecule has 7 nitrogen and oxygen atoms in total. The van der Waals surface area contributed by atoms with Crippen LogP contribution in [0.2, 0.25) is 10.0 Å². The largest absolute Gasteiger partial charge is 0.508 e. The second-order valence-corrected chi connectivity index (χ2v) is 8.28. The highest BCUT2D eigenvalue weighted by Crippen LogP contribution is 2.38. The van der Waals surface area contributed by atoms with E-state index in [0.29, 0.717) is 18.4 Å². The number of piperidine rings is 1. The number of nitrogens with two attached hydrogens (primary N) is 1. The quantitative estimate of drug-likeness (QED) is 0.584. The number of hydrogen-bond acceptors (Lipinski definition) is 6. The summed E-state index contributed by atoms with van der Waals surface area (Å²) < 4.78 is 42.2. The predicted molar refractivity (Wildman–Crippen MR) is 102 cm³/mol. The second-order valence-electron chi connectivity index (χ2n) is 7.47. The fourth-order valence-electron chi connectivity index (χ4n) is 3.68. The Morgan fingerprint density at radius 1 is 1.23 bits per heavy atom. The van der Waals surface area contributed by atoms with Crippen molar-refractivity contribution in [3.8, 4) is 5.75 Å². The van der Waals surface area contributed by atoms with Gasteiger partial charge >= 0.3 is 12.1 Å². The Bertz CT molecular complexity index is 841. The molecule has 2 aliphatic heterocycles. The van der Waals surface area contributed by atoms with Gasteiger partial charge in [0.05, 0.1) is 10.0 Å². The van der Waals surface area contributed by atoms with Crippen molar-refractivity contribution in [1.29, 1.82) is 0 Å². The van der Waals surface area contributed by atoms with E-state index in [1.54, 1.807) is 0 Å². The Morgan fingerprint density at radius 2 is 1.80 bits per heavy atom. The number of hydrogen-bond donors (Lipinski definition) is 3. The zero-order valence-electron chi connectivity index (χ0n) is 15.6. The van der Waals surface area contributed by atoms with E-state index in [9.17, 15) is 27.9 Å². The molecule has 0 radical (unpaired) electrons. The number of nitrogens with one attached hydrogen (secondary N) is 1. The average molecular weight is 470 g/mol. The van der Waals surface area contributed by atoms with E-state index in [-0.39, 0.29) is 47.9 Å². The molecule has 2 saturated heterocycles. The number of carbonyl (C=O) groups is 2. The van der Waals surface area contributed by atoms with E-state index in [2.05, 4.69) is 10.1 Å². The minimum absolute atomic E-state index is 0.0889. The van der Waals surface area contributed by atoms with Crippen LogP contribution in [-0.2, 0) is 14.3 Å². The number of benzene rings is 1. The van der Waals surface area contributed by atoms with E-state index < -0.39 is 29.7 Å². The molecule has 2 heterocycles. The van der Waals surface area contributed by atoms with Crippen molar-refractivity contribution in [1.82, 2.24) is 10.2 Å². The van der Waals surface area contributed by atoms with Crippen LogP contribution < -0.4 is 11.1 Å². The summed E-state index contributed by atoms with van der Waals surface area (Å²) >= 11 is 11.9. The third kappa shape index (κ3) is 4.46. The Hall–Kier alpha value is -1.75. The lowest BCUT2D eigenvalue weighted by atomic mass is 9.84. The minimum Gasteiger partial charge on any atom is -0.508 e. The maximum atomic E-state index is 12.8. The molecule has 3 rings (SSSR count). The minimum atomic E-state index is -5.18. The van der Waals surface area contributed by atoms with E-state index >= 15 is 0 Å². The number of phenols is 1. The summed E-state index contributed by atoms with van der Waals surface area (Å²) in [6, 6.07) is 2.23. The summed E-state index contributed by atoms with van der Waals surface area (Å²) in [5.41, 5.74) is 4.86. The summed E-state index contributed by atoms with van der Waals surface area (Å²) in [6.45, 7) is 0.101. The van der Waals surface area contributed by atoms with Crippen LogP contribution in [-0.4, -0.2) is 59.8 Å². The fraction of sp³-hybridized carbons (Fsp3) is 0.556. The highest BCUT2D eigenvalue weighted by molar-refractivity contribution is 6.42. The van der Waals surface area contributed by atoms with Crippen LogP contribution >= 0.6 is 23.2 Å². The molecule has 0 spiro atoms. The average Bonchev–Trinajstić information content (AvgIpc) is 2.65. The third-order valence-corrected chi connectivity index (χ3v) is 6.22. The number of alkyl halides is 3. The van der Waals surface area contributed by atoms with Gasteiger partial charge in [-0.25, -0.2) is 4.79 Å². The van der Waals surface area contributed by atoms with Gasteiger partial charge in [-0.15, -0.1) is 0 Å². The molecule has 4 N–H and O–H groups in total. The summed E-state index contributed by atoms with van der Waals surface area (Å²) in [6.07, 6.45) is -4.28. The highest BCUT2D eigenvalue weighted by atomic mass is 35.5. The third-order valence-electron chi connectivity index (χ3n) is 5.49. The van der Waals surface area contributed by atoms with E-state index in [4.69, 9.17) is 28.9 Å². The first-order chi connectivity index (χ1) is 13.9. The Labute approximate surface area is 180 Å². The Morgan fingerprint density at radius 3 is 2.30 bits per heavy atom. The maximum absolute atomic E-state index is 12.8. The van der Waals surface area contributed by atoms with Gasteiger partial charge < -0.3 is 25.8 Å². The van der Waals surface area contributed by atoms with Crippen molar-refractivity contribution in [2.24, 2.45) is 11.7 Å². The zero-order valence-corrected chi connectivity index (χ0v) is 17.2. The molecule has 0 saturated carbocycles. The molecule has 0 bridgehead atoms. The van der Waals surface area contributed by atoms with Crippen molar-refractivity contribution in [2.45, 2.75) is 30.7 Å². The van der Waals surface area contributed by atoms with Gasteiger partial charge in [-0.1, -0.05) is 23.2 Å². The lowest BCUT2D eigenvalue weighted by Gasteiger charge is -2.45. The molecule has 0 unspecified atom stereocenters. The lowest BCUT2D eigenvalue weighted by molar-refractivity contribution is -0.220. The molecule has 166 valence electrons. The van der Waals surface area contributed by atoms with Crippen LogP contribution in [0.15, 0.2) is 12.1 Å². The summed E-state index contributed by atoms with van der Waals surface area (Å²) in [5, 5.41) is 13.2. The number of amides is 1. The SMILES string of the molecule is N[C@@H](c1cc(Cl)c(Cl)cc1O)C1CCN(C(=O)C2(OC(=O)C(F)(F)F)CNC2)CC1. The molecule has 1 atom stereocenters. The van der Waals surface area contributed by atoms with Crippen molar-refractivity contribution < 1.29 is 32.6 Å². The molecule has 1 aromatic carbocycles. The number of rotatable bonds is 4. The first-order valence-corrected chi connectivity index (χ1v) is 9.94. The number of likely N-dealkylation sites (tertiary alicyclic amines) is 1. The van der Waals surface area contributed by atoms with Crippen LogP contribution in [0.1, 0.15) is 24.4 Å². The topological polar surface area (TPSA) is 105 Å². The molecular formula is C18H20Cl2F3N3O4. The number of ether oxygens (including phenoxy) is 1. The van der Waals surface area contributed by atoms with Gasteiger partial charge in [0, 0.05) is 43.9 Å². The van der Waals surface area contributed by atoms with Gasteiger partial charge in [-0.3, -0.25) is 4.79 Å². The molecule has 2 fully saturated rings. The first-order valence-electron chi connectivity index (χ1n) is 9.18. The molecular weight excluding hydrogens is 450 g/mol. The van der Waals surface area contributed by atoms with Gasteiger partial charge in [0.1, 0.15) is 5.75 Å². The summed E-state index contributed by atoms with van der Waals surface area (Å²) in [5.74, 6) is -3.24. The number of esters is 1. The van der Waals surface area contributed by atoms with Crippen LogP contribution in [0.25, 0.3) is 0 Å². The van der Waals surface area contributed by atoms with E-state index in [1.165, 1.54) is 17.0 Å². The van der Waals surface area contributed by atoms with E-state index in [1.807, 2.05) is 0 Å². The number of phenolic OH excluding ortho intramolecular Hbond substituents is 1. The highest BCUT2D eigenvalue weighted by Gasteiger charge is 2.55. The molecule has 30 heavy (non-hydrogen) atoms. The van der Waals surface area contributed by atoms with E-state index in [0.717, 1.165) is 0 Å². The van der Waals surface area contributed by atoms with Gasteiger partial charge in [0.15, 0.2) is 0 Å². The molecule has 1 amide bonds. The molecule has 1 aromatic rings. The maximum Gasteiger partial charge on any atom is 0.490 e. The number of nitrogens with zero attached hydrogens (tertiary/aromatic N) is 1. The Balaban J connectivity index is 1.64. The Kier molecular flexibility index (Phi) is 6.43. The molecule has 2 aliphatic rings. The zero-order chi connectivity index (χ0) is 22.3. The summed E-state index contributed by atoms with van der Waals surface area (Å²) in [7, 11) is 0. The van der Waals surface area contributed by atoms with Gasteiger partial charge in [-0.05, 0) is 24.8 Å². The van der Waals surface area contributed by atoms with Gasteiger partial charge in [0.25, 0.3) is 5.91 Å². The van der Waals surface area contributed by atoms with Crippen molar-refractivity contribution >= 4 is 35.1 Å². The monoisotopic (exact) mass is 469 g/mol. The molecule has 0 aromatic heterocycles. The van der Waals surface area contributed by atoms with Crippen LogP contribution in [0.3, 0.4) is 0 Å². The smallest absolute Gasteiger partial charge is 0.490 e. The van der Waals surface area contributed by atoms with Crippen LogP contribution in [0.5, 0.6) is 5.75 Å². The number of halogens is 5.